The molecule has 2 unspecified atom stereocenters. The topological polar surface area (TPSA) is 70.5 Å². The molecule has 0 saturated carbocycles. The maximum absolute atomic E-state index is 8.74. The zero-order chi connectivity index (χ0) is 18.6. The van der Waals surface area contributed by atoms with Crippen LogP contribution in [0.1, 0.15) is 37.0 Å². The van der Waals surface area contributed by atoms with Crippen LogP contribution >= 0.6 is 0 Å². The molecule has 0 bridgehead atoms. The number of hydrogen-bond acceptors (Lipinski definition) is 3. The number of benzene rings is 2. The van der Waals surface area contributed by atoms with Gasteiger partial charge in [-0.1, -0.05) is 42.5 Å². The van der Waals surface area contributed by atoms with E-state index in [1.54, 1.807) is 7.11 Å². The molecule has 0 radical (unpaired) electrons. The number of nitrogen functional groups attached to an aromatic ring is 1. The van der Waals surface area contributed by atoms with Gasteiger partial charge in [-0.15, -0.1) is 0 Å². The van der Waals surface area contributed by atoms with Crippen molar-refractivity contribution in [1.29, 1.82) is 0 Å². The SMILES string of the molecule is COC1([OH2+])C=CC2(CC(C)(C)N=C2c2ccccc2N)c2ccccc21. The van der Waals surface area contributed by atoms with Gasteiger partial charge in [0.05, 0.1) is 22.2 Å². The van der Waals surface area contributed by atoms with Crippen molar-refractivity contribution in [2.45, 2.75) is 37.0 Å². The maximum atomic E-state index is 8.74. The second kappa shape index (κ2) is 5.53. The van der Waals surface area contributed by atoms with Crippen LogP contribution in [0.5, 0.6) is 0 Å². The highest BCUT2D eigenvalue weighted by Gasteiger charge is 2.53. The second-order valence-corrected chi connectivity index (χ2v) is 7.83. The fourth-order valence-corrected chi connectivity index (χ4v) is 4.40. The first-order valence-corrected chi connectivity index (χ1v) is 8.87. The van der Waals surface area contributed by atoms with Gasteiger partial charge in [-0.25, -0.2) is 0 Å². The number of methoxy groups -OCH3 is 1. The number of hydrogen-bond donors (Lipinski definition) is 1. The van der Waals surface area contributed by atoms with E-state index in [1.165, 1.54) is 0 Å². The van der Waals surface area contributed by atoms with E-state index in [-0.39, 0.29) is 5.54 Å². The van der Waals surface area contributed by atoms with Crippen LogP contribution in [0.2, 0.25) is 0 Å². The Morgan fingerprint density at radius 2 is 1.65 bits per heavy atom. The summed E-state index contributed by atoms with van der Waals surface area (Å²) in [7, 11) is 1.58. The molecular formula is C22H25N2O2+. The number of ether oxygens (including phenoxy) is 1. The molecule has 0 amide bonds. The predicted molar refractivity (Wildman–Crippen MR) is 106 cm³/mol. The fraction of sp³-hybridized carbons (Fsp3) is 0.318. The van der Waals surface area contributed by atoms with Crippen LogP contribution in [0.15, 0.2) is 65.7 Å². The lowest BCUT2D eigenvalue weighted by Gasteiger charge is -2.38. The van der Waals surface area contributed by atoms with Crippen LogP contribution in [0.4, 0.5) is 5.69 Å². The Balaban J connectivity index is 2.00. The molecule has 2 atom stereocenters. The molecule has 2 aromatic rings. The number of rotatable bonds is 2. The molecular weight excluding hydrogens is 324 g/mol. The van der Waals surface area contributed by atoms with Crippen molar-refractivity contribution < 1.29 is 9.84 Å². The Labute approximate surface area is 154 Å². The molecule has 4 heteroatoms. The third-order valence-electron chi connectivity index (χ3n) is 5.50. The largest absolute Gasteiger partial charge is 0.412 e. The monoisotopic (exact) mass is 349 g/mol. The molecule has 1 aliphatic heterocycles. The van der Waals surface area contributed by atoms with Crippen molar-refractivity contribution >= 4 is 11.4 Å². The lowest BCUT2D eigenvalue weighted by molar-refractivity contribution is -0.156. The normalized spacial score (nSPS) is 28.8. The van der Waals surface area contributed by atoms with E-state index in [4.69, 9.17) is 20.6 Å². The Morgan fingerprint density at radius 3 is 2.35 bits per heavy atom. The van der Waals surface area contributed by atoms with Crippen molar-refractivity contribution in [2.75, 3.05) is 12.8 Å². The molecule has 26 heavy (non-hydrogen) atoms. The summed E-state index contributed by atoms with van der Waals surface area (Å²) in [5.41, 5.74) is 10.3. The van der Waals surface area contributed by atoms with Crippen LogP contribution in [-0.4, -0.2) is 23.5 Å². The number of anilines is 1. The summed E-state index contributed by atoms with van der Waals surface area (Å²) >= 11 is 0. The first kappa shape index (κ1) is 17.0. The quantitative estimate of drug-likeness (QED) is 0.391. The van der Waals surface area contributed by atoms with Gasteiger partial charge in [-0.3, -0.25) is 4.99 Å². The molecule has 1 spiro atoms. The highest BCUT2D eigenvalue weighted by atomic mass is 16.6. The molecule has 1 heterocycles. The van der Waals surface area contributed by atoms with Crippen molar-refractivity contribution in [3.8, 4) is 0 Å². The van der Waals surface area contributed by atoms with E-state index in [0.717, 1.165) is 34.5 Å². The number of para-hydroxylation sites is 1. The molecule has 2 aliphatic rings. The maximum Gasteiger partial charge on any atom is 0.321 e. The number of fused-ring (bicyclic) bond motifs is 2. The number of nitrogens with two attached hydrogens (primary N) is 1. The minimum absolute atomic E-state index is 0.218. The van der Waals surface area contributed by atoms with Gasteiger partial charge < -0.3 is 15.6 Å². The van der Waals surface area contributed by atoms with Crippen LogP contribution < -0.4 is 5.73 Å². The van der Waals surface area contributed by atoms with Crippen LogP contribution in [0.25, 0.3) is 0 Å². The number of nitrogens with zero attached hydrogens (tertiary/aromatic N) is 1. The minimum Gasteiger partial charge on any atom is -0.412 e. The van der Waals surface area contributed by atoms with E-state index in [2.05, 4.69) is 26.0 Å². The van der Waals surface area contributed by atoms with E-state index >= 15 is 0 Å². The Kier molecular flexibility index (Phi) is 3.62. The number of aliphatic imine (C=N–C) groups is 1. The highest BCUT2D eigenvalue weighted by molar-refractivity contribution is 6.14. The number of allylic oxidation sites excluding steroid dienone is 1. The fourth-order valence-electron chi connectivity index (χ4n) is 4.40. The summed E-state index contributed by atoms with van der Waals surface area (Å²) < 4.78 is 5.54. The smallest absolute Gasteiger partial charge is 0.321 e. The molecule has 134 valence electrons. The minimum atomic E-state index is -1.18. The lowest BCUT2D eigenvalue weighted by atomic mass is 9.65. The first-order valence-electron chi connectivity index (χ1n) is 8.87. The summed E-state index contributed by atoms with van der Waals surface area (Å²) in [5.74, 6) is -1.18. The average Bonchev–Trinajstić information content (AvgIpc) is 2.91. The third kappa shape index (κ3) is 2.33. The molecule has 1 aliphatic carbocycles. The van der Waals surface area contributed by atoms with Gasteiger partial charge in [-0.2, -0.15) is 0 Å². The van der Waals surface area contributed by atoms with Gasteiger partial charge in [0.15, 0.2) is 0 Å². The Morgan fingerprint density at radius 1 is 1.00 bits per heavy atom. The van der Waals surface area contributed by atoms with E-state index in [9.17, 15) is 0 Å². The molecule has 4 N–H and O–H groups in total. The Bertz CT molecular complexity index is 931. The van der Waals surface area contributed by atoms with Crippen molar-refractivity contribution in [2.24, 2.45) is 4.99 Å². The summed E-state index contributed by atoms with van der Waals surface area (Å²) in [4.78, 5) is 5.08. The van der Waals surface area contributed by atoms with Gasteiger partial charge in [0, 0.05) is 24.4 Å². The van der Waals surface area contributed by atoms with E-state index in [0.29, 0.717) is 0 Å². The first-order chi connectivity index (χ1) is 12.3. The molecule has 0 fully saturated rings. The lowest BCUT2D eigenvalue weighted by Crippen LogP contribution is -2.42. The predicted octanol–water partition coefficient (Wildman–Crippen LogP) is 3.27. The zero-order valence-corrected chi connectivity index (χ0v) is 15.4. The summed E-state index contributed by atoms with van der Waals surface area (Å²) in [5, 5.41) is 8.74. The van der Waals surface area contributed by atoms with Crippen LogP contribution in [-0.2, 0) is 15.9 Å². The van der Waals surface area contributed by atoms with E-state index < -0.39 is 11.2 Å². The van der Waals surface area contributed by atoms with Crippen LogP contribution in [0, 0.1) is 0 Å². The average molecular weight is 349 g/mol. The molecule has 4 nitrogen and oxygen atoms in total. The zero-order valence-electron chi connectivity index (χ0n) is 15.4. The van der Waals surface area contributed by atoms with E-state index in [1.807, 2.05) is 48.5 Å². The van der Waals surface area contributed by atoms with Crippen molar-refractivity contribution in [1.82, 2.24) is 0 Å². The van der Waals surface area contributed by atoms with Gasteiger partial charge in [0.2, 0.25) is 0 Å². The summed E-state index contributed by atoms with van der Waals surface area (Å²) in [6.07, 6.45) is 4.79. The summed E-state index contributed by atoms with van der Waals surface area (Å²) in [6, 6.07) is 15.9. The Hall–Kier alpha value is -2.43. The second-order valence-electron chi connectivity index (χ2n) is 7.83. The summed E-state index contributed by atoms with van der Waals surface area (Å²) in [6.45, 7) is 4.30. The van der Waals surface area contributed by atoms with Gasteiger partial charge in [-0.05, 0) is 38.0 Å². The molecule has 4 rings (SSSR count). The van der Waals surface area contributed by atoms with Crippen molar-refractivity contribution in [3.05, 3.63) is 77.4 Å². The molecule has 0 saturated heterocycles. The van der Waals surface area contributed by atoms with Gasteiger partial charge in [0.25, 0.3) is 0 Å². The highest BCUT2D eigenvalue weighted by Crippen LogP contribution is 2.51. The molecule has 2 aromatic carbocycles. The van der Waals surface area contributed by atoms with Gasteiger partial charge in [0.1, 0.15) is 0 Å². The van der Waals surface area contributed by atoms with Gasteiger partial charge >= 0.3 is 5.79 Å². The van der Waals surface area contributed by atoms with Crippen molar-refractivity contribution in [3.63, 3.8) is 0 Å². The van der Waals surface area contributed by atoms with Crippen LogP contribution in [0.3, 0.4) is 0 Å². The third-order valence-corrected chi connectivity index (χ3v) is 5.50. The standard InChI is InChI=1S/C22H24N2O2/c1-20(2)14-21(19(24-20)15-8-4-7-11-18(15)23)12-13-22(25,26-3)17-10-6-5-9-16(17)21/h4-13,25H,14,23H2,1-3H3/p+1. The molecule has 0 aromatic heterocycles.